The van der Waals surface area contributed by atoms with Crippen molar-refractivity contribution in [2.75, 3.05) is 7.11 Å². The summed E-state index contributed by atoms with van der Waals surface area (Å²) in [6.45, 7) is 8.72. The van der Waals surface area contributed by atoms with Crippen molar-refractivity contribution in [3.8, 4) is 5.75 Å². The van der Waals surface area contributed by atoms with Crippen LogP contribution >= 0.6 is 0 Å². The van der Waals surface area contributed by atoms with Crippen LogP contribution in [-0.4, -0.2) is 49.5 Å². The molecule has 52 heavy (non-hydrogen) atoms. The minimum absolute atomic E-state index is 0.0642. The van der Waals surface area contributed by atoms with Crippen LogP contribution in [0.15, 0.2) is 115 Å². The van der Waals surface area contributed by atoms with Gasteiger partial charge in [0.15, 0.2) is 5.79 Å². The molecule has 1 heterocycles. The molecular formula is C45H52O7. The monoisotopic (exact) mass is 704 g/mol. The maximum Gasteiger partial charge on any atom is 0.175 e. The Kier molecular flexibility index (Phi) is 10.0. The van der Waals surface area contributed by atoms with Crippen LogP contribution in [0.5, 0.6) is 5.75 Å². The lowest BCUT2D eigenvalue weighted by Gasteiger charge is -2.46. The Balaban J connectivity index is 1.19. The summed E-state index contributed by atoms with van der Waals surface area (Å²) in [6, 6.07) is 38.9. The molecule has 0 aromatic heterocycles. The Bertz CT molecular complexity index is 1750. The van der Waals surface area contributed by atoms with Gasteiger partial charge in [-0.1, -0.05) is 124 Å². The minimum Gasteiger partial charge on any atom is -0.497 e. The first kappa shape index (κ1) is 35.5. The zero-order chi connectivity index (χ0) is 35.8. The van der Waals surface area contributed by atoms with Gasteiger partial charge >= 0.3 is 0 Å². The van der Waals surface area contributed by atoms with Gasteiger partial charge in [0.05, 0.1) is 33.5 Å². The molecule has 3 saturated carbocycles. The fourth-order valence-electron chi connectivity index (χ4n) is 9.37. The van der Waals surface area contributed by atoms with Gasteiger partial charge in [-0.05, 0) is 58.6 Å². The topological polar surface area (TPSA) is 64.6 Å². The van der Waals surface area contributed by atoms with E-state index in [9.17, 15) is 0 Å². The first-order valence-corrected chi connectivity index (χ1v) is 18.9. The number of methoxy groups -OCH3 is 1. The highest BCUT2D eigenvalue weighted by Crippen LogP contribution is 2.73. The van der Waals surface area contributed by atoms with Gasteiger partial charge in [-0.2, -0.15) is 0 Å². The lowest BCUT2D eigenvalue weighted by Crippen LogP contribution is -2.65. The van der Waals surface area contributed by atoms with Crippen LogP contribution in [0, 0.1) is 16.7 Å². The molecule has 4 fully saturated rings. The van der Waals surface area contributed by atoms with Crippen molar-refractivity contribution in [1.29, 1.82) is 0 Å². The second-order valence-electron chi connectivity index (χ2n) is 15.8. The van der Waals surface area contributed by atoms with Gasteiger partial charge in [-0.3, -0.25) is 0 Å². The maximum atomic E-state index is 7.41. The average molecular weight is 705 g/mol. The summed E-state index contributed by atoms with van der Waals surface area (Å²) in [5.41, 5.74) is 4.16. The number of ether oxygens (including phenoxy) is 7. The first-order valence-electron chi connectivity index (χ1n) is 18.9. The molecule has 3 aliphatic carbocycles. The molecule has 4 aromatic carbocycles. The van der Waals surface area contributed by atoms with Gasteiger partial charge in [-0.25, -0.2) is 0 Å². The zero-order valence-electron chi connectivity index (χ0n) is 30.8. The van der Waals surface area contributed by atoms with Crippen LogP contribution in [0.3, 0.4) is 0 Å². The molecule has 2 bridgehead atoms. The van der Waals surface area contributed by atoms with Crippen molar-refractivity contribution in [3.05, 3.63) is 138 Å². The third kappa shape index (κ3) is 6.50. The summed E-state index contributed by atoms with van der Waals surface area (Å²) in [4.78, 5) is 0. The molecule has 0 unspecified atom stereocenters. The Hall–Kier alpha value is -3.56. The summed E-state index contributed by atoms with van der Waals surface area (Å²) in [5.74, 6) is 0.555. The third-order valence-electron chi connectivity index (χ3n) is 12.8. The molecule has 8 rings (SSSR count). The Labute approximate surface area is 308 Å². The Morgan fingerprint density at radius 1 is 0.538 bits per heavy atom. The van der Waals surface area contributed by atoms with Crippen molar-refractivity contribution >= 4 is 0 Å². The van der Waals surface area contributed by atoms with Crippen molar-refractivity contribution in [2.24, 2.45) is 16.7 Å². The van der Waals surface area contributed by atoms with E-state index in [0.29, 0.717) is 32.3 Å². The SMILES string of the molecule is COc1ccc(CO[C@H]2[C@H](OCc3ccccc3)[C@@H](OCc3ccccc3)[C@@H]3O[C@@]4(C[C@@H]5CC[C@@]4(C)C5(C)C)O[C@H]3[C@H]2OCc2ccccc2)cc1. The van der Waals surface area contributed by atoms with Gasteiger partial charge < -0.3 is 33.2 Å². The number of fused-ring (bicyclic) bond motifs is 4. The molecular weight excluding hydrogens is 652 g/mol. The van der Waals surface area contributed by atoms with Crippen LogP contribution in [0.25, 0.3) is 0 Å². The molecule has 4 aromatic rings. The first-order chi connectivity index (χ1) is 25.3. The van der Waals surface area contributed by atoms with Gasteiger partial charge in [-0.15, -0.1) is 0 Å². The van der Waals surface area contributed by atoms with E-state index in [0.717, 1.165) is 40.8 Å². The summed E-state index contributed by atoms with van der Waals surface area (Å²) >= 11 is 0. The molecule has 0 radical (unpaired) electrons. The van der Waals surface area contributed by atoms with Crippen molar-refractivity contribution in [1.82, 2.24) is 0 Å². The summed E-state index contributed by atoms with van der Waals surface area (Å²) < 4.78 is 48.2. The van der Waals surface area contributed by atoms with Crippen LogP contribution < -0.4 is 4.74 Å². The number of hydrogen-bond donors (Lipinski definition) is 0. The summed E-state index contributed by atoms with van der Waals surface area (Å²) in [5, 5.41) is 0. The van der Waals surface area contributed by atoms with Crippen LogP contribution in [-0.2, 0) is 54.8 Å². The summed E-state index contributed by atoms with van der Waals surface area (Å²) in [7, 11) is 1.68. The minimum atomic E-state index is -0.758. The fourth-order valence-corrected chi connectivity index (χ4v) is 9.37. The fraction of sp³-hybridized carbons (Fsp3) is 0.467. The quantitative estimate of drug-likeness (QED) is 0.138. The predicted octanol–water partition coefficient (Wildman–Crippen LogP) is 8.68. The van der Waals surface area contributed by atoms with Crippen LogP contribution in [0.2, 0.25) is 0 Å². The van der Waals surface area contributed by atoms with E-state index < -0.39 is 42.4 Å². The molecule has 1 aliphatic heterocycles. The third-order valence-corrected chi connectivity index (χ3v) is 12.8. The standard InChI is InChI=1S/C45H52O7/c1-43(2)35-24-25-44(43,3)45(26-35)51-41-39(49-28-32-16-10-6-11-17-32)37(47-27-31-14-8-5-9-15-31)38(48-30-34-20-22-36(46-4)23-21-34)40(42(41)52-45)50-29-33-18-12-7-13-19-33/h5-23,35,37-42H,24-30H2,1-4H3/t35-,37-,38-,39+,40-,41-,42-,44-,45-/m0/s1. The molecule has 7 nitrogen and oxygen atoms in total. The number of benzene rings is 4. The second kappa shape index (κ2) is 14.7. The lowest BCUT2D eigenvalue weighted by molar-refractivity contribution is -0.259. The predicted molar refractivity (Wildman–Crippen MR) is 198 cm³/mol. The van der Waals surface area contributed by atoms with Crippen LogP contribution in [0.4, 0.5) is 0 Å². The van der Waals surface area contributed by atoms with E-state index in [2.05, 4.69) is 57.2 Å². The van der Waals surface area contributed by atoms with E-state index in [4.69, 9.17) is 33.2 Å². The number of hydrogen-bond acceptors (Lipinski definition) is 7. The van der Waals surface area contributed by atoms with E-state index >= 15 is 0 Å². The molecule has 1 spiro atoms. The van der Waals surface area contributed by atoms with Gasteiger partial charge in [0.2, 0.25) is 0 Å². The maximum absolute atomic E-state index is 7.41. The highest BCUT2D eigenvalue weighted by molar-refractivity contribution is 5.27. The highest BCUT2D eigenvalue weighted by Gasteiger charge is 2.76. The molecule has 7 heteroatoms. The van der Waals surface area contributed by atoms with Gasteiger partial charge in [0.25, 0.3) is 0 Å². The van der Waals surface area contributed by atoms with E-state index in [1.807, 2.05) is 78.9 Å². The molecule has 274 valence electrons. The Morgan fingerprint density at radius 3 is 1.31 bits per heavy atom. The van der Waals surface area contributed by atoms with Gasteiger partial charge in [0.1, 0.15) is 42.4 Å². The average Bonchev–Trinajstić information content (AvgIpc) is 3.72. The largest absolute Gasteiger partial charge is 0.497 e. The van der Waals surface area contributed by atoms with Crippen molar-refractivity contribution in [3.63, 3.8) is 0 Å². The van der Waals surface area contributed by atoms with E-state index in [1.54, 1.807) is 7.11 Å². The number of rotatable bonds is 13. The normalized spacial score (nSPS) is 33.0. The Morgan fingerprint density at radius 2 is 0.942 bits per heavy atom. The second-order valence-corrected chi connectivity index (χ2v) is 15.8. The van der Waals surface area contributed by atoms with Crippen LogP contribution in [0.1, 0.15) is 62.3 Å². The molecule has 0 amide bonds. The zero-order valence-corrected chi connectivity index (χ0v) is 30.8. The smallest absolute Gasteiger partial charge is 0.175 e. The molecule has 1 saturated heterocycles. The summed E-state index contributed by atoms with van der Waals surface area (Å²) in [6.07, 6.45) is 0.186. The molecule has 4 aliphatic rings. The highest BCUT2D eigenvalue weighted by atomic mass is 16.8. The molecule has 0 N–H and O–H groups in total. The van der Waals surface area contributed by atoms with Crippen molar-refractivity contribution < 1.29 is 33.2 Å². The molecule has 9 atom stereocenters. The van der Waals surface area contributed by atoms with E-state index in [-0.39, 0.29) is 10.8 Å². The van der Waals surface area contributed by atoms with Gasteiger partial charge in [0, 0.05) is 11.8 Å². The van der Waals surface area contributed by atoms with E-state index in [1.165, 1.54) is 6.42 Å². The van der Waals surface area contributed by atoms with Crippen molar-refractivity contribution in [2.45, 2.75) is 109 Å². The lowest BCUT2D eigenvalue weighted by atomic mass is 9.68.